The Balaban J connectivity index is 2.22. The van der Waals surface area contributed by atoms with E-state index in [1.54, 1.807) is 6.07 Å². The SMILES string of the molecule is Nc1cnccc1C(=O)Nc1ccc(Br)c(I)c1. The number of nitrogens with one attached hydrogen (secondary N) is 1. The molecule has 18 heavy (non-hydrogen) atoms. The molecule has 2 rings (SSSR count). The molecule has 0 spiro atoms. The van der Waals surface area contributed by atoms with Crippen LogP contribution in [0.2, 0.25) is 0 Å². The van der Waals surface area contributed by atoms with Crippen molar-refractivity contribution in [2.24, 2.45) is 0 Å². The van der Waals surface area contributed by atoms with Crippen LogP contribution in [-0.2, 0) is 0 Å². The highest BCUT2D eigenvalue weighted by atomic mass is 127. The first-order valence-corrected chi connectivity index (χ1v) is 6.91. The number of nitrogens with two attached hydrogens (primary N) is 1. The maximum atomic E-state index is 12.0. The average molecular weight is 418 g/mol. The number of benzene rings is 1. The predicted octanol–water partition coefficient (Wildman–Crippen LogP) is 3.28. The summed E-state index contributed by atoms with van der Waals surface area (Å²) in [6.45, 7) is 0. The van der Waals surface area contributed by atoms with Gasteiger partial charge in [0.1, 0.15) is 0 Å². The molecule has 2 aromatic rings. The summed E-state index contributed by atoms with van der Waals surface area (Å²) < 4.78 is 2.01. The van der Waals surface area contributed by atoms with Gasteiger partial charge >= 0.3 is 0 Å². The normalized spacial score (nSPS) is 10.1. The van der Waals surface area contributed by atoms with Crippen LogP contribution in [0, 0.1) is 3.57 Å². The molecule has 6 heteroatoms. The number of pyridine rings is 1. The van der Waals surface area contributed by atoms with Crippen molar-refractivity contribution in [1.82, 2.24) is 4.98 Å². The van der Waals surface area contributed by atoms with Gasteiger partial charge in [0.2, 0.25) is 0 Å². The molecule has 0 fully saturated rings. The molecule has 0 aliphatic rings. The molecule has 1 amide bonds. The highest BCUT2D eigenvalue weighted by Gasteiger charge is 2.10. The smallest absolute Gasteiger partial charge is 0.257 e. The Kier molecular flexibility index (Phi) is 4.18. The number of amides is 1. The van der Waals surface area contributed by atoms with E-state index in [9.17, 15) is 4.79 Å². The van der Waals surface area contributed by atoms with E-state index in [0.29, 0.717) is 11.3 Å². The number of hydrogen-bond acceptors (Lipinski definition) is 3. The van der Waals surface area contributed by atoms with E-state index < -0.39 is 0 Å². The van der Waals surface area contributed by atoms with Crippen LogP contribution in [-0.4, -0.2) is 10.9 Å². The van der Waals surface area contributed by atoms with Crippen LogP contribution < -0.4 is 11.1 Å². The van der Waals surface area contributed by atoms with Crippen LogP contribution in [0.5, 0.6) is 0 Å². The summed E-state index contributed by atoms with van der Waals surface area (Å²) in [6.07, 6.45) is 3.00. The molecule has 0 aliphatic carbocycles. The number of nitrogen functional groups attached to an aromatic ring is 1. The van der Waals surface area contributed by atoms with Gasteiger partial charge in [-0.05, 0) is 62.8 Å². The summed E-state index contributed by atoms with van der Waals surface area (Å²) in [7, 11) is 0. The zero-order chi connectivity index (χ0) is 13.1. The minimum absolute atomic E-state index is 0.243. The molecule has 0 radical (unpaired) electrons. The highest BCUT2D eigenvalue weighted by Crippen LogP contribution is 2.23. The second kappa shape index (κ2) is 5.66. The molecule has 0 unspecified atom stereocenters. The average Bonchev–Trinajstić information content (AvgIpc) is 2.34. The molecule has 3 N–H and O–H groups in total. The summed E-state index contributed by atoms with van der Waals surface area (Å²) in [6, 6.07) is 7.17. The molecule has 0 bridgehead atoms. The lowest BCUT2D eigenvalue weighted by Gasteiger charge is -2.08. The summed E-state index contributed by atoms with van der Waals surface area (Å²) in [5.74, 6) is -0.243. The lowest BCUT2D eigenvalue weighted by Crippen LogP contribution is -2.14. The topological polar surface area (TPSA) is 68.0 Å². The van der Waals surface area contributed by atoms with Crippen LogP contribution in [0.4, 0.5) is 11.4 Å². The molecule has 1 aromatic heterocycles. The van der Waals surface area contributed by atoms with Crippen molar-refractivity contribution in [3.05, 3.63) is 50.3 Å². The summed E-state index contributed by atoms with van der Waals surface area (Å²) in [4.78, 5) is 15.8. The Labute approximate surface area is 126 Å². The van der Waals surface area contributed by atoms with Crippen LogP contribution in [0.25, 0.3) is 0 Å². The van der Waals surface area contributed by atoms with E-state index in [0.717, 1.165) is 13.7 Å². The van der Waals surface area contributed by atoms with Crippen LogP contribution in [0.15, 0.2) is 41.1 Å². The quantitative estimate of drug-likeness (QED) is 0.736. The Morgan fingerprint density at radius 1 is 1.39 bits per heavy atom. The molecule has 0 aliphatic heterocycles. The Morgan fingerprint density at radius 2 is 2.17 bits per heavy atom. The third-order valence-electron chi connectivity index (χ3n) is 2.27. The van der Waals surface area contributed by atoms with Crippen LogP contribution in [0.1, 0.15) is 10.4 Å². The van der Waals surface area contributed by atoms with Crippen molar-refractivity contribution in [1.29, 1.82) is 0 Å². The third kappa shape index (κ3) is 2.99. The van der Waals surface area contributed by atoms with E-state index in [-0.39, 0.29) is 5.91 Å². The van der Waals surface area contributed by atoms with Crippen LogP contribution >= 0.6 is 38.5 Å². The van der Waals surface area contributed by atoms with E-state index in [1.165, 1.54) is 12.4 Å². The molecule has 4 nitrogen and oxygen atoms in total. The second-order valence-electron chi connectivity index (χ2n) is 3.55. The number of anilines is 2. The summed E-state index contributed by atoms with van der Waals surface area (Å²) in [5.41, 5.74) is 7.20. The van der Waals surface area contributed by atoms with Crippen molar-refractivity contribution >= 4 is 55.8 Å². The number of rotatable bonds is 2. The Hall–Kier alpha value is -1.15. The van der Waals surface area contributed by atoms with Gasteiger partial charge in [0, 0.05) is 19.9 Å². The van der Waals surface area contributed by atoms with Gasteiger partial charge in [-0.25, -0.2) is 0 Å². The van der Waals surface area contributed by atoms with Gasteiger partial charge in [-0.15, -0.1) is 0 Å². The van der Waals surface area contributed by atoms with E-state index in [4.69, 9.17) is 5.73 Å². The van der Waals surface area contributed by atoms with E-state index >= 15 is 0 Å². The fourth-order valence-corrected chi connectivity index (χ4v) is 2.15. The standard InChI is InChI=1S/C12H9BrIN3O/c13-9-2-1-7(5-10(9)14)17-12(18)8-3-4-16-6-11(8)15/h1-6H,15H2,(H,17,18). The summed E-state index contributed by atoms with van der Waals surface area (Å²) in [5, 5.41) is 2.79. The molecule has 0 saturated heterocycles. The largest absolute Gasteiger partial charge is 0.397 e. The minimum Gasteiger partial charge on any atom is -0.397 e. The molecule has 0 saturated carbocycles. The number of halogens is 2. The maximum Gasteiger partial charge on any atom is 0.257 e. The first-order valence-electron chi connectivity index (χ1n) is 5.04. The van der Waals surface area contributed by atoms with Gasteiger partial charge in [-0.3, -0.25) is 9.78 Å². The number of hydrogen-bond donors (Lipinski definition) is 2. The van der Waals surface area contributed by atoms with Gasteiger partial charge in [0.25, 0.3) is 5.91 Å². The third-order valence-corrected chi connectivity index (χ3v) is 4.60. The fraction of sp³-hybridized carbons (Fsp3) is 0. The second-order valence-corrected chi connectivity index (χ2v) is 5.56. The first-order chi connectivity index (χ1) is 8.58. The number of carbonyl (C=O) groups is 1. The van der Waals surface area contributed by atoms with Gasteiger partial charge in [-0.2, -0.15) is 0 Å². The predicted molar refractivity (Wildman–Crippen MR) is 83.5 cm³/mol. The number of nitrogens with zero attached hydrogens (tertiary/aromatic N) is 1. The molecular formula is C12H9BrIN3O. The van der Waals surface area contributed by atoms with Crippen molar-refractivity contribution in [3.63, 3.8) is 0 Å². The lowest BCUT2D eigenvalue weighted by molar-refractivity contribution is 0.102. The number of aromatic nitrogens is 1. The van der Waals surface area contributed by atoms with Gasteiger partial charge in [0.15, 0.2) is 0 Å². The van der Waals surface area contributed by atoms with Crippen molar-refractivity contribution in [3.8, 4) is 0 Å². The zero-order valence-corrected chi connectivity index (χ0v) is 12.9. The zero-order valence-electron chi connectivity index (χ0n) is 9.15. The van der Waals surface area contributed by atoms with Crippen molar-refractivity contribution in [2.45, 2.75) is 0 Å². The van der Waals surface area contributed by atoms with Gasteiger partial charge < -0.3 is 11.1 Å². The fourth-order valence-electron chi connectivity index (χ4n) is 1.39. The maximum absolute atomic E-state index is 12.0. The number of carbonyl (C=O) groups excluding carboxylic acids is 1. The van der Waals surface area contributed by atoms with Gasteiger partial charge in [-0.1, -0.05) is 0 Å². The van der Waals surface area contributed by atoms with E-state index in [2.05, 4.69) is 48.8 Å². The first kappa shape index (κ1) is 13.3. The Morgan fingerprint density at radius 3 is 2.83 bits per heavy atom. The Bertz CT molecular complexity index is 604. The van der Waals surface area contributed by atoms with E-state index in [1.807, 2.05) is 18.2 Å². The van der Waals surface area contributed by atoms with Crippen molar-refractivity contribution < 1.29 is 4.79 Å². The highest BCUT2D eigenvalue weighted by molar-refractivity contribution is 14.1. The molecule has 1 aromatic carbocycles. The lowest BCUT2D eigenvalue weighted by atomic mass is 10.2. The van der Waals surface area contributed by atoms with Gasteiger partial charge in [0.05, 0.1) is 17.4 Å². The van der Waals surface area contributed by atoms with Crippen LogP contribution in [0.3, 0.4) is 0 Å². The molecular weight excluding hydrogens is 409 g/mol. The monoisotopic (exact) mass is 417 g/mol. The summed E-state index contributed by atoms with van der Waals surface area (Å²) >= 11 is 5.59. The minimum atomic E-state index is -0.243. The molecule has 1 heterocycles. The van der Waals surface area contributed by atoms with Crippen molar-refractivity contribution in [2.75, 3.05) is 11.1 Å². The molecule has 92 valence electrons. The molecule has 0 atom stereocenters.